The quantitative estimate of drug-likeness (QED) is 0.659. The van der Waals surface area contributed by atoms with Gasteiger partial charge in [0.25, 0.3) is 5.91 Å². The van der Waals surface area contributed by atoms with Crippen LogP contribution >= 0.6 is 0 Å². The first-order chi connectivity index (χ1) is 10.7. The van der Waals surface area contributed by atoms with E-state index in [1.54, 1.807) is 32.4 Å². The molecule has 5 nitrogen and oxygen atoms in total. The largest absolute Gasteiger partial charge is 0.493 e. The summed E-state index contributed by atoms with van der Waals surface area (Å²) in [5.41, 5.74) is 3.36. The molecule has 1 unspecified atom stereocenters. The zero-order valence-corrected chi connectivity index (χ0v) is 12.5. The van der Waals surface area contributed by atoms with Crippen LogP contribution in [0.1, 0.15) is 12.5 Å². The molecule has 0 heterocycles. The van der Waals surface area contributed by atoms with Crippen molar-refractivity contribution < 1.29 is 14.3 Å². The molecular weight excluding hydrogens is 280 g/mol. The van der Waals surface area contributed by atoms with Crippen LogP contribution in [-0.2, 0) is 4.79 Å². The van der Waals surface area contributed by atoms with Crippen molar-refractivity contribution in [3.05, 3.63) is 60.2 Å². The van der Waals surface area contributed by atoms with Gasteiger partial charge in [-0.1, -0.05) is 42.5 Å². The number of benzene rings is 2. The molecule has 22 heavy (non-hydrogen) atoms. The topological polar surface area (TPSA) is 59.9 Å². The number of ether oxygens (including phenoxy) is 2. The van der Waals surface area contributed by atoms with Crippen molar-refractivity contribution in [3.8, 4) is 11.5 Å². The highest BCUT2D eigenvalue weighted by Gasteiger charge is 2.15. The molecule has 1 amide bonds. The van der Waals surface area contributed by atoms with E-state index in [4.69, 9.17) is 9.47 Å². The second-order valence-corrected chi connectivity index (χ2v) is 4.56. The molecule has 2 aromatic rings. The summed E-state index contributed by atoms with van der Waals surface area (Å²) >= 11 is 0. The Morgan fingerprint density at radius 1 is 1.09 bits per heavy atom. The van der Waals surface area contributed by atoms with E-state index in [-0.39, 0.29) is 5.91 Å². The van der Waals surface area contributed by atoms with Crippen LogP contribution in [0.5, 0.6) is 11.5 Å². The number of hydrazone groups is 1. The molecule has 2 aromatic carbocycles. The third kappa shape index (κ3) is 4.34. The maximum atomic E-state index is 11.9. The fourth-order valence-corrected chi connectivity index (χ4v) is 1.76. The van der Waals surface area contributed by atoms with Crippen molar-refractivity contribution >= 4 is 12.1 Å². The summed E-state index contributed by atoms with van der Waals surface area (Å²) in [5, 5.41) is 3.91. The first kappa shape index (κ1) is 15.6. The predicted molar refractivity (Wildman–Crippen MR) is 85.3 cm³/mol. The molecule has 1 N–H and O–H groups in total. The summed E-state index contributed by atoms with van der Waals surface area (Å²) in [6.07, 6.45) is 0.887. The van der Waals surface area contributed by atoms with E-state index >= 15 is 0 Å². The summed E-state index contributed by atoms with van der Waals surface area (Å²) in [4.78, 5) is 11.9. The molecule has 5 heteroatoms. The Bertz CT molecular complexity index is 641. The molecule has 0 saturated heterocycles. The summed E-state index contributed by atoms with van der Waals surface area (Å²) in [6, 6.07) is 16.7. The second kappa shape index (κ2) is 7.83. The normalized spacial score (nSPS) is 11.9. The molecule has 114 valence electrons. The fraction of sp³-hybridized carbons (Fsp3) is 0.176. The number of carbonyl (C=O) groups is 1. The van der Waals surface area contributed by atoms with Crippen LogP contribution in [0, 0.1) is 0 Å². The average molecular weight is 298 g/mol. The predicted octanol–water partition coefficient (Wildman–Crippen LogP) is 2.61. The molecule has 0 aliphatic carbocycles. The molecule has 0 fully saturated rings. The van der Waals surface area contributed by atoms with E-state index in [0.717, 1.165) is 5.56 Å². The molecule has 0 aliphatic rings. The Balaban J connectivity index is 1.91. The summed E-state index contributed by atoms with van der Waals surface area (Å²) in [7, 11) is 1.55. The highest BCUT2D eigenvalue weighted by atomic mass is 16.5. The Labute approximate surface area is 129 Å². The first-order valence-electron chi connectivity index (χ1n) is 6.88. The van der Waals surface area contributed by atoms with Crippen LogP contribution in [0.3, 0.4) is 0 Å². The van der Waals surface area contributed by atoms with E-state index in [0.29, 0.717) is 11.5 Å². The van der Waals surface area contributed by atoms with Crippen molar-refractivity contribution in [1.29, 1.82) is 0 Å². The third-order valence-electron chi connectivity index (χ3n) is 2.93. The number of hydrogen-bond donors (Lipinski definition) is 1. The minimum absolute atomic E-state index is 0.335. The molecule has 2 rings (SSSR count). The third-order valence-corrected chi connectivity index (χ3v) is 2.93. The fourth-order valence-electron chi connectivity index (χ4n) is 1.76. The van der Waals surface area contributed by atoms with Crippen LogP contribution in [0.15, 0.2) is 59.7 Å². The smallest absolute Gasteiger partial charge is 0.280 e. The van der Waals surface area contributed by atoms with Crippen molar-refractivity contribution in [1.82, 2.24) is 5.43 Å². The Morgan fingerprint density at radius 3 is 2.41 bits per heavy atom. The molecule has 0 radical (unpaired) electrons. The number of nitrogens with zero attached hydrogens (tertiary/aromatic N) is 1. The zero-order valence-electron chi connectivity index (χ0n) is 12.5. The molecule has 0 spiro atoms. The van der Waals surface area contributed by atoms with Gasteiger partial charge in [-0.2, -0.15) is 5.10 Å². The maximum Gasteiger partial charge on any atom is 0.280 e. The van der Waals surface area contributed by atoms with Gasteiger partial charge in [0.2, 0.25) is 0 Å². The number of amides is 1. The van der Waals surface area contributed by atoms with Crippen LogP contribution < -0.4 is 14.9 Å². The Morgan fingerprint density at radius 2 is 1.73 bits per heavy atom. The van der Waals surface area contributed by atoms with Crippen LogP contribution in [0.4, 0.5) is 0 Å². The molecular formula is C17H18N2O3. The van der Waals surface area contributed by atoms with Crippen molar-refractivity contribution in [2.24, 2.45) is 5.10 Å². The van der Waals surface area contributed by atoms with Gasteiger partial charge in [0, 0.05) is 0 Å². The summed E-state index contributed by atoms with van der Waals surface area (Å²) in [6.45, 7) is 1.65. The lowest BCUT2D eigenvalue weighted by molar-refractivity contribution is -0.127. The molecule has 0 bridgehead atoms. The van der Waals surface area contributed by atoms with Crippen molar-refractivity contribution in [2.75, 3.05) is 7.11 Å². The molecule has 1 atom stereocenters. The lowest BCUT2D eigenvalue weighted by Gasteiger charge is -2.15. The first-order valence-corrected chi connectivity index (χ1v) is 6.88. The van der Waals surface area contributed by atoms with E-state index in [9.17, 15) is 4.79 Å². The van der Waals surface area contributed by atoms with E-state index < -0.39 is 6.10 Å². The minimum atomic E-state index is -0.691. The lowest BCUT2D eigenvalue weighted by atomic mass is 10.2. The van der Waals surface area contributed by atoms with Gasteiger partial charge >= 0.3 is 0 Å². The van der Waals surface area contributed by atoms with Crippen LogP contribution in [0.25, 0.3) is 0 Å². The van der Waals surface area contributed by atoms with Gasteiger partial charge in [0.05, 0.1) is 13.3 Å². The van der Waals surface area contributed by atoms with Crippen LogP contribution in [-0.4, -0.2) is 25.3 Å². The van der Waals surface area contributed by atoms with Gasteiger partial charge in [-0.25, -0.2) is 5.43 Å². The average Bonchev–Trinajstić information content (AvgIpc) is 2.56. The zero-order chi connectivity index (χ0) is 15.8. The maximum absolute atomic E-state index is 11.9. The monoisotopic (exact) mass is 298 g/mol. The van der Waals surface area contributed by atoms with E-state index in [1.165, 1.54) is 0 Å². The van der Waals surface area contributed by atoms with Crippen molar-refractivity contribution in [3.63, 3.8) is 0 Å². The molecule has 0 aliphatic heterocycles. The highest BCUT2D eigenvalue weighted by Crippen LogP contribution is 2.26. The van der Waals surface area contributed by atoms with Gasteiger partial charge < -0.3 is 9.47 Å². The number of nitrogens with one attached hydrogen (secondary N) is 1. The summed E-state index contributed by atoms with van der Waals surface area (Å²) in [5.74, 6) is 0.757. The van der Waals surface area contributed by atoms with Crippen molar-refractivity contribution in [2.45, 2.75) is 13.0 Å². The Kier molecular flexibility index (Phi) is 5.54. The van der Waals surface area contributed by atoms with Crippen LogP contribution in [0.2, 0.25) is 0 Å². The Hall–Kier alpha value is -2.82. The molecule has 0 aromatic heterocycles. The van der Waals surface area contributed by atoms with Gasteiger partial charge in [-0.3, -0.25) is 4.79 Å². The number of rotatable bonds is 6. The second-order valence-electron chi connectivity index (χ2n) is 4.56. The summed E-state index contributed by atoms with van der Waals surface area (Å²) < 4.78 is 10.8. The van der Waals surface area contributed by atoms with Gasteiger partial charge in [0.1, 0.15) is 0 Å². The van der Waals surface area contributed by atoms with E-state index in [1.807, 2.05) is 42.5 Å². The number of para-hydroxylation sites is 2. The van der Waals surface area contributed by atoms with Gasteiger partial charge in [-0.15, -0.1) is 0 Å². The minimum Gasteiger partial charge on any atom is -0.493 e. The standard InChI is InChI=1S/C17H18N2O3/c1-13(22-16-11-7-6-10-15(16)21-2)17(20)19-18-12-14-8-4-3-5-9-14/h3-13H,1-2H3,(H,19,20)/b18-12+. The van der Waals surface area contributed by atoms with Gasteiger partial charge in [0.15, 0.2) is 17.6 Å². The van der Waals surface area contributed by atoms with E-state index in [2.05, 4.69) is 10.5 Å². The van der Waals surface area contributed by atoms with Gasteiger partial charge in [-0.05, 0) is 24.6 Å². The lowest BCUT2D eigenvalue weighted by Crippen LogP contribution is -2.33. The number of hydrogen-bond acceptors (Lipinski definition) is 4. The SMILES string of the molecule is COc1ccccc1OC(C)C(=O)N/N=C/c1ccccc1. The number of methoxy groups -OCH3 is 1. The number of carbonyl (C=O) groups excluding carboxylic acids is 1. The highest BCUT2D eigenvalue weighted by molar-refractivity contribution is 5.84. The molecule has 0 saturated carbocycles.